The summed E-state index contributed by atoms with van der Waals surface area (Å²) in [6.45, 7) is 3.31. The van der Waals surface area contributed by atoms with Crippen LogP contribution in [0.15, 0.2) is 24.3 Å². The van der Waals surface area contributed by atoms with E-state index in [-0.39, 0.29) is 6.10 Å². The first-order valence-electron chi connectivity index (χ1n) is 5.02. The Labute approximate surface area is 90.7 Å². The van der Waals surface area contributed by atoms with Gasteiger partial charge in [0, 0.05) is 6.54 Å². The van der Waals surface area contributed by atoms with Crippen LogP contribution in [0.2, 0.25) is 0 Å². The van der Waals surface area contributed by atoms with Crippen molar-refractivity contribution >= 4 is 0 Å². The predicted octanol–water partition coefficient (Wildman–Crippen LogP) is 1.68. The molecule has 0 heterocycles. The number of benzene rings is 1. The second-order valence-corrected chi connectivity index (χ2v) is 3.45. The van der Waals surface area contributed by atoms with E-state index in [0.717, 1.165) is 12.1 Å². The lowest BCUT2D eigenvalue weighted by atomic mass is 10.1. The van der Waals surface area contributed by atoms with E-state index in [9.17, 15) is 0 Å². The third kappa shape index (κ3) is 3.70. The van der Waals surface area contributed by atoms with Crippen LogP contribution in [0.5, 0.6) is 0 Å². The highest BCUT2D eigenvalue weighted by Gasteiger charge is 2.04. The van der Waals surface area contributed by atoms with Crippen molar-refractivity contribution in [3.8, 4) is 6.07 Å². The number of rotatable bonds is 5. The largest absolute Gasteiger partial charge is 0.372 e. The lowest BCUT2D eigenvalue weighted by Gasteiger charge is -2.12. The SMILES string of the molecule is CNCC(C)OCc1ccccc1C#N. The topological polar surface area (TPSA) is 45.0 Å². The molecule has 1 atom stereocenters. The number of nitrogens with one attached hydrogen (secondary N) is 1. The first-order chi connectivity index (χ1) is 7.27. The Morgan fingerprint density at radius 2 is 2.20 bits per heavy atom. The van der Waals surface area contributed by atoms with E-state index in [1.807, 2.05) is 32.2 Å². The number of ether oxygens (including phenoxy) is 1. The van der Waals surface area contributed by atoms with Gasteiger partial charge in [-0.3, -0.25) is 0 Å². The quantitative estimate of drug-likeness (QED) is 0.793. The van der Waals surface area contributed by atoms with Crippen LogP contribution in [0.25, 0.3) is 0 Å². The van der Waals surface area contributed by atoms with Gasteiger partial charge in [-0.05, 0) is 25.6 Å². The highest BCUT2D eigenvalue weighted by Crippen LogP contribution is 2.09. The summed E-state index contributed by atoms with van der Waals surface area (Å²) >= 11 is 0. The molecule has 15 heavy (non-hydrogen) atoms. The summed E-state index contributed by atoms with van der Waals surface area (Å²) in [6.07, 6.45) is 0.154. The molecule has 80 valence electrons. The molecule has 0 radical (unpaired) electrons. The molecule has 0 saturated carbocycles. The normalized spacial score (nSPS) is 12.1. The summed E-state index contributed by atoms with van der Waals surface area (Å²) in [6, 6.07) is 9.66. The average Bonchev–Trinajstić information content (AvgIpc) is 2.27. The van der Waals surface area contributed by atoms with Crippen LogP contribution in [0.1, 0.15) is 18.1 Å². The second kappa shape index (κ2) is 6.18. The molecule has 1 unspecified atom stereocenters. The molecule has 0 aliphatic carbocycles. The second-order valence-electron chi connectivity index (χ2n) is 3.45. The zero-order chi connectivity index (χ0) is 11.1. The van der Waals surface area contributed by atoms with E-state index in [4.69, 9.17) is 10.00 Å². The molecule has 3 heteroatoms. The van der Waals surface area contributed by atoms with Gasteiger partial charge in [0.25, 0.3) is 0 Å². The van der Waals surface area contributed by atoms with Gasteiger partial charge in [-0.2, -0.15) is 5.26 Å². The molecular formula is C12H16N2O. The Kier molecular flexibility index (Phi) is 4.82. The molecule has 1 aromatic carbocycles. The number of nitrogens with zero attached hydrogens (tertiary/aromatic N) is 1. The number of hydrogen-bond acceptors (Lipinski definition) is 3. The molecule has 0 bridgehead atoms. The van der Waals surface area contributed by atoms with Crippen LogP contribution in [0.3, 0.4) is 0 Å². The highest BCUT2D eigenvalue weighted by atomic mass is 16.5. The fourth-order valence-electron chi connectivity index (χ4n) is 1.33. The molecule has 1 aromatic rings. The van der Waals surface area contributed by atoms with Crippen LogP contribution >= 0.6 is 0 Å². The van der Waals surface area contributed by atoms with Crippen molar-refractivity contribution in [2.45, 2.75) is 19.6 Å². The maximum atomic E-state index is 8.87. The number of nitriles is 1. The molecule has 0 fully saturated rings. The first kappa shape index (κ1) is 11.7. The average molecular weight is 204 g/mol. The van der Waals surface area contributed by atoms with E-state index >= 15 is 0 Å². The minimum atomic E-state index is 0.154. The summed E-state index contributed by atoms with van der Waals surface area (Å²) < 4.78 is 5.60. The van der Waals surface area contributed by atoms with Crippen molar-refractivity contribution in [2.24, 2.45) is 0 Å². The monoisotopic (exact) mass is 204 g/mol. The van der Waals surface area contributed by atoms with Crippen molar-refractivity contribution < 1.29 is 4.74 Å². The highest BCUT2D eigenvalue weighted by molar-refractivity contribution is 5.36. The number of likely N-dealkylation sites (N-methyl/N-ethyl adjacent to an activating group) is 1. The van der Waals surface area contributed by atoms with Gasteiger partial charge in [-0.1, -0.05) is 18.2 Å². The fourth-order valence-corrected chi connectivity index (χ4v) is 1.33. The lowest BCUT2D eigenvalue weighted by molar-refractivity contribution is 0.0544. The molecule has 0 aliphatic heterocycles. The van der Waals surface area contributed by atoms with Crippen molar-refractivity contribution in [2.75, 3.05) is 13.6 Å². The maximum absolute atomic E-state index is 8.87. The van der Waals surface area contributed by atoms with Gasteiger partial charge in [0.2, 0.25) is 0 Å². The van der Waals surface area contributed by atoms with E-state index < -0.39 is 0 Å². The van der Waals surface area contributed by atoms with Gasteiger partial charge in [0.15, 0.2) is 0 Å². The molecule has 0 amide bonds. The van der Waals surface area contributed by atoms with Gasteiger partial charge < -0.3 is 10.1 Å². The zero-order valence-electron chi connectivity index (χ0n) is 9.16. The Bertz CT molecular complexity index is 344. The minimum Gasteiger partial charge on any atom is -0.372 e. The standard InChI is InChI=1S/C12H16N2O/c1-10(8-14-2)15-9-12-6-4-3-5-11(12)7-13/h3-6,10,14H,8-9H2,1-2H3. The first-order valence-corrected chi connectivity index (χ1v) is 5.02. The van der Waals surface area contributed by atoms with Crippen molar-refractivity contribution in [1.82, 2.24) is 5.32 Å². The van der Waals surface area contributed by atoms with Gasteiger partial charge >= 0.3 is 0 Å². The van der Waals surface area contributed by atoms with Crippen molar-refractivity contribution in [3.05, 3.63) is 35.4 Å². The molecule has 1 rings (SSSR count). The summed E-state index contributed by atoms with van der Waals surface area (Å²) in [5, 5.41) is 11.9. The summed E-state index contributed by atoms with van der Waals surface area (Å²) in [4.78, 5) is 0. The van der Waals surface area contributed by atoms with E-state index in [0.29, 0.717) is 12.2 Å². The van der Waals surface area contributed by atoms with E-state index in [1.54, 1.807) is 6.07 Å². The van der Waals surface area contributed by atoms with E-state index in [1.165, 1.54) is 0 Å². The van der Waals surface area contributed by atoms with Crippen LogP contribution < -0.4 is 5.32 Å². The van der Waals surface area contributed by atoms with Crippen LogP contribution in [0.4, 0.5) is 0 Å². The molecule has 0 aromatic heterocycles. The fraction of sp³-hybridized carbons (Fsp3) is 0.417. The summed E-state index contributed by atoms with van der Waals surface area (Å²) in [5.41, 5.74) is 1.64. The van der Waals surface area contributed by atoms with Gasteiger partial charge in [-0.25, -0.2) is 0 Å². The predicted molar refractivity (Wildman–Crippen MR) is 59.3 cm³/mol. The zero-order valence-corrected chi connectivity index (χ0v) is 9.16. The molecule has 0 saturated heterocycles. The van der Waals surface area contributed by atoms with Crippen LogP contribution in [-0.2, 0) is 11.3 Å². The Morgan fingerprint density at radius 3 is 2.87 bits per heavy atom. The molecule has 0 spiro atoms. The van der Waals surface area contributed by atoms with Gasteiger partial charge in [0.1, 0.15) is 0 Å². The smallest absolute Gasteiger partial charge is 0.0995 e. The van der Waals surface area contributed by atoms with Gasteiger partial charge in [0.05, 0.1) is 24.3 Å². The van der Waals surface area contributed by atoms with E-state index in [2.05, 4.69) is 11.4 Å². The van der Waals surface area contributed by atoms with Gasteiger partial charge in [-0.15, -0.1) is 0 Å². The molecule has 1 N–H and O–H groups in total. The Morgan fingerprint density at radius 1 is 1.47 bits per heavy atom. The Hall–Kier alpha value is -1.37. The minimum absolute atomic E-state index is 0.154. The van der Waals surface area contributed by atoms with Crippen molar-refractivity contribution in [1.29, 1.82) is 5.26 Å². The third-order valence-electron chi connectivity index (χ3n) is 2.15. The summed E-state index contributed by atoms with van der Waals surface area (Å²) in [7, 11) is 1.89. The third-order valence-corrected chi connectivity index (χ3v) is 2.15. The maximum Gasteiger partial charge on any atom is 0.0995 e. The number of hydrogen-bond donors (Lipinski definition) is 1. The van der Waals surface area contributed by atoms with Crippen LogP contribution in [0, 0.1) is 11.3 Å². The molecule has 3 nitrogen and oxygen atoms in total. The molecular weight excluding hydrogens is 188 g/mol. The lowest BCUT2D eigenvalue weighted by Crippen LogP contribution is -2.23. The molecule has 0 aliphatic rings. The van der Waals surface area contributed by atoms with Crippen molar-refractivity contribution in [3.63, 3.8) is 0 Å². The van der Waals surface area contributed by atoms with Crippen LogP contribution in [-0.4, -0.2) is 19.7 Å². The summed E-state index contributed by atoms with van der Waals surface area (Å²) in [5.74, 6) is 0. The Balaban J connectivity index is 2.54.